The van der Waals surface area contributed by atoms with Crippen LogP contribution in [0.25, 0.3) is 0 Å². The van der Waals surface area contributed by atoms with Crippen LogP contribution in [0.5, 0.6) is 5.75 Å². The van der Waals surface area contributed by atoms with Crippen LogP contribution >= 0.6 is 11.6 Å². The van der Waals surface area contributed by atoms with Gasteiger partial charge in [0.05, 0.1) is 28.9 Å². The summed E-state index contributed by atoms with van der Waals surface area (Å²) in [5.41, 5.74) is 0.882. The molecule has 1 N–H and O–H groups in total. The predicted octanol–water partition coefficient (Wildman–Crippen LogP) is 3.08. The van der Waals surface area contributed by atoms with Crippen LogP contribution in [0.1, 0.15) is 38.8 Å². The van der Waals surface area contributed by atoms with Crippen molar-refractivity contribution in [3.8, 4) is 5.75 Å². The molecule has 0 spiro atoms. The average Bonchev–Trinajstić information content (AvgIpc) is 2.53. The SMILES string of the molecule is COc1cc(Cl)c2c(c1NC(C)=O)C(=O)c1ccccc1C2=O. The van der Waals surface area contributed by atoms with E-state index >= 15 is 0 Å². The zero-order valence-electron chi connectivity index (χ0n) is 12.4. The second-order valence-electron chi connectivity index (χ2n) is 5.07. The number of methoxy groups -OCH3 is 1. The highest BCUT2D eigenvalue weighted by atomic mass is 35.5. The molecule has 1 aliphatic rings. The molecule has 0 radical (unpaired) electrons. The molecular weight excluding hydrogens is 318 g/mol. The minimum absolute atomic E-state index is 0.0632. The van der Waals surface area contributed by atoms with E-state index in [4.69, 9.17) is 16.3 Å². The van der Waals surface area contributed by atoms with Crippen molar-refractivity contribution in [3.05, 3.63) is 57.6 Å². The number of hydrogen-bond donors (Lipinski definition) is 1. The summed E-state index contributed by atoms with van der Waals surface area (Å²) in [6, 6.07) is 7.93. The standard InChI is InChI=1S/C17H12ClNO4/c1-8(20)19-15-12(23-2)7-11(18)13-14(15)17(22)10-6-4-3-5-9(10)16(13)21/h3-7H,1-2H3,(H,19,20). The second-order valence-corrected chi connectivity index (χ2v) is 5.48. The number of hydrogen-bond acceptors (Lipinski definition) is 4. The van der Waals surface area contributed by atoms with Gasteiger partial charge in [-0.2, -0.15) is 0 Å². The van der Waals surface area contributed by atoms with E-state index < -0.39 is 0 Å². The Morgan fingerprint density at radius 1 is 1.09 bits per heavy atom. The molecule has 0 unspecified atom stereocenters. The van der Waals surface area contributed by atoms with E-state index in [0.29, 0.717) is 5.56 Å². The fourth-order valence-corrected chi connectivity index (χ4v) is 2.97. The summed E-state index contributed by atoms with van der Waals surface area (Å²) in [6.45, 7) is 1.31. The highest BCUT2D eigenvalue weighted by Gasteiger charge is 2.35. The Kier molecular flexibility index (Phi) is 3.66. The molecule has 0 saturated heterocycles. The summed E-state index contributed by atoms with van der Waals surface area (Å²) >= 11 is 6.20. The number of benzene rings is 2. The maximum Gasteiger partial charge on any atom is 0.221 e. The second kappa shape index (κ2) is 5.52. The van der Waals surface area contributed by atoms with Gasteiger partial charge in [0.25, 0.3) is 0 Å². The summed E-state index contributed by atoms with van der Waals surface area (Å²) < 4.78 is 5.20. The molecule has 1 amide bonds. The molecule has 6 heteroatoms. The minimum atomic E-state index is -0.382. The first-order valence-corrected chi connectivity index (χ1v) is 7.20. The van der Waals surface area contributed by atoms with Crippen molar-refractivity contribution in [1.82, 2.24) is 0 Å². The maximum atomic E-state index is 12.9. The average molecular weight is 330 g/mol. The molecular formula is C17H12ClNO4. The number of carbonyl (C=O) groups is 3. The number of amides is 1. The first-order chi connectivity index (χ1) is 11.0. The van der Waals surface area contributed by atoms with Crippen LogP contribution in [0, 0.1) is 0 Å². The highest BCUT2D eigenvalue weighted by Crippen LogP contribution is 2.41. The van der Waals surface area contributed by atoms with Crippen molar-refractivity contribution in [2.24, 2.45) is 0 Å². The van der Waals surface area contributed by atoms with Crippen molar-refractivity contribution >= 4 is 34.8 Å². The van der Waals surface area contributed by atoms with Gasteiger partial charge in [0, 0.05) is 24.1 Å². The zero-order chi connectivity index (χ0) is 16.7. The third-order valence-corrected chi connectivity index (χ3v) is 3.93. The van der Waals surface area contributed by atoms with E-state index in [1.54, 1.807) is 24.3 Å². The summed E-state index contributed by atoms with van der Waals surface area (Å²) in [5.74, 6) is -0.884. The van der Waals surface area contributed by atoms with Crippen LogP contribution < -0.4 is 10.1 Å². The van der Waals surface area contributed by atoms with E-state index in [1.807, 2.05) is 0 Å². The fourth-order valence-electron chi connectivity index (χ4n) is 2.69. The third kappa shape index (κ3) is 2.29. The Morgan fingerprint density at radius 2 is 1.65 bits per heavy atom. The Bertz CT molecular complexity index is 873. The molecule has 2 aromatic carbocycles. The van der Waals surface area contributed by atoms with E-state index in [2.05, 4.69) is 5.32 Å². The fraction of sp³-hybridized carbons (Fsp3) is 0.118. The van der Waals surface area contributed by atoms with Crippen LogP contribution in [-0.4, -0.2) is 24.6 Å². The van der Waals surface area contributed by atoms with E-state index in [1.165, 1.54) is 20.1 Å². The molecule has 0 fully saturated rings. The molecule has 0 heterocycles. The van der Waals surface area contributed by atoms with Gasteiger partial charge in [0.15, 0.2) is 11.6 Å². The summed E-state index contributed by atoms with van der Waals surface area (Å²) in [4.78, 5) is 37.1. The third-order valence-electron chi connectivity index (χ3n) is 3.63. The van der Waals surface area contributed by atoms with Crippen LogP contribution in [0.15, 0.2) is 30.3 Å². The predicted molar refractivity (Wildman–Crippen MR) is 85.6 cm³/mol. The molecule has 0 aliphatic heterocycles. The van der Waals surface area contributed by atoms with Gasteiger partial charge in [-0.15, -0.1) is 0 Å². The first kappa shape index (κ1) is 15.2. The normalized spacial score (nSPS) is 12.5. The van der Waals surface area contributed by atoms with Crippen molar-refractivity contribution < 1.29 is 19.1 Å². The Labute approximate surface area is 137 Å². The number of fused-ring (bicyclic) bond motifs is 2. The minimum Gasteiger partial charge on any atom is -0.494 e. The molecule has 23 heavy (non-hydrogen) atoms. The maximum absolute atomic E-state index is 12.9. The molecule has 3 rings (SSSR count). The zero-order valence-corrected chi connectivity index (χ0v) is 13.2. The van der Waals surface area contributed by atoms with Gasteiger partial charge in [-0.1, -0.05) is 35.9 Å². The summed E-state index contributed by atoms with van der Waals surface area (Å²) in [7, 11) is 1.40. The number of halogens is 1. The van der Waals surface area contributed by atoms with Crippen LogP contribution in [0.4, 0.5) is 5.69 Å². The van der Waals surface area contributed by atoms with Gasteiger partial charge in [0.1, 0.15) is 5.75 Å². The number of rotatable bonds is 2. The molecule has 0 saturated carbocycles. The molecule has 0 bridgehead atoms. The van der Waals surface area contributed by atoms with Crippen molar-refractivity contribution in [3.63, 3.8) is 0 Å². The smallest absolute Gasteiger partial charge is 0.221 e. The van der Waals surface area contributed by atoms with E-state index in [-0.39, 0.29) is 50.6 Å². The molecule has 5 nitrogen and oxygen atoms in total. The van der Waals surface area contributed by atoms with Gasteiger partial charge in [0.2, 0.25) is 5.91 Å². The lowest BCUT2D eigenvalue weighted by Gasteiger charge is -2.23. The van der Waals surface area contributed by atoms with Gasteiger partial charge in [-0.25, -0.2) is 0 Å². The molecule has 0 aromatic heterocycles. The largest absolute Gasteiger partial charge is 0.494 e. The molecule has 116 valence electrons. The number of anilines is 1. The van der Waals surface area contributed by atoms with Gasteiger partial charge < -0.3 is 10.1 Å². The van der Waals surface area contributed by atoms with E-state index in [9.17, 15) is 14.4 Å². The number of ether oxygens (including phenoxy) is 1. The summed E-state index contributed by atoms with van der Waals surface area (Å²) in [5, 5.41) is 2.68. The van der Waals surface area contributed by atoms with Crippen LogP contribution in [0.2, 0.25) is 5.02 Å². The lowest BCUT2D eigenvalue weighted by Crippen LogP contribution is -2.24. The number of carbonyl (C=O) groups excluding carboxylic acids is 3. The van der Waals surface area contributed by atoms with Crippen molar-refractivity contribution in [2.75, 3.05) is 12.4 Å². The molecule has 1 aliphatic carbocycles. The quantitative estimate of drug-likeness (QED) is 0.784. The Balaban J connectivity index is 2.37. The highest BCUT2D eigenvalue weighted by molar-refractivity contribution is 6.40. The van der Waals surface area contributed by atoms with Gasteiger partial charge in [-0.3, -0.25) is 14.4 Å². The van der Waals surface area contributed by atoms with E-state index in [0.717, 1.165) is 0 Å². The number of ketones is 2. The van der Waals surface area contributed by atoms with Gasteiger partial charge >= 0.3 is 0 Å². The number of nitrogens with one attached hydrogen (secondary N) is 1. The van der Waals surface area contributed by atoms with Crippen LogP contribution in [-0.2, 0) is 4.79 Å². The van der Waals surface area contributed by atoms with Crippen molar-refractivity contribution in [2.45, 2.75) is 6.92 Å². The Morgan fingerprint density at radius 3 is 2.17 bits per heavy atom. The monoisotopic (exact) mass is 329 g/mol. The molecule has 0 atom stereocenters. The van der Waals surface area contributed by atoms with Gasteiger partial charge in [-0.05, 0) is 0 Å². The first-order valence-electron chi connectivity index (χ1n) is 6.82. The lowest BCUT2D eigenvalue weighted by atomic mass is 9.83. The lowest BCUT2D eigenvalue weighted by molar-refractivity contribution is -0.114. The Hall–Kier alpha value is -2.66. The van der Waals surface area contributed by atoms with Crippen LogP contribution in [0.3, 0.4) is 0 Å². The van der Waals surface area contributed by atoms with Crippen molar-refractivity contribution in [1.29, 1.82) is 0 Å². The molecule has 2 aromatic rings. The summed E-state index contributed by atoms with van der Waals surface area (Å²) in [6.07, 6.45) is 0. The topological polar surface area (TPSA) is 72.5 Å².